The third-order valence-electron chi connectivity index (χ3n) is 18.8. The van der Waals surface area contributed by atoms with E-state index in [0.29, 0.717) is 6.42 Å². The molecular formula is C87H147NO13. The van der Waals surface area contributed by atoms with Gasteiger partial charge in [-0.25, -0.2) is 0 Å². The summed E-state index contributed by atoms with van der Waals surface area (Å²) in [4.78, 5) is 13.4. The molecule has 0 aromatic heterocycles. The highest BCUT2D eigenvalue weighted by Crippen LogP contribution is 2.30. The predicted molar refractivity (Wildman–Crippen MR) is 419 cm³/mol. The number of amides is 1. The van der Waals surface area contributed by atoms with Crippen LogP contribution in [0.25, 0.3) is 0 Å². The Hall–Kier alpha value is -4.13. The molecule has 2 aliphatic rings. The van der Waals surface area contributed by atoms with Crippen LogP contribution >= 0.6 is 0 Å². The van der Waals surface area contributed by atoms with Crippen LogP contribution in [0.1, 0.15) is 303 Å². The lowest BCUT2D eigenvalue weighted by Gasteiger charge is -2.46. The van der Waals surface area contributed by atoms with E-state index in [-0.39, 0.29) is 18.9 Å². The minimum atomic E-state index is -1.80. The Morgan fingerprint density at radius 3 is 1.05 bits per heavy atom. The van der Waals surface area contributed by atoms with Crippen LogP contribution in [-0.2, 0) is 23.7 Å². The van der Waals surface area contributed by atoms with Gasteiger partial charge in [0.1, 0.15) is 48.8 Å². The molecule has 2 aliphatic heterocycles. The van der Waals surface area contributed by atoms with Crippen LogP contribution in [0.15, 0.2) is 146 Å². The molecular weight excluding hydrogens is 1270 g/mol. The van der Waals surface area contributed by atoms with Gasteiger partial charge in [-0.05, 0) is 103 Å². The number of carbonyl (C=O) groups excluding carboxylic acids is 1. The largest absolute Gasteiger partial charge is 0.394 e. The van der Waals surface area contributed by atoms with Crippen molar-refractivity contribution in [1.82, 2.24) is 5.32 Å². The minimum absolute atomic E-state index is 0.232. The molecule has 12 unspecified atom stereocenters. The van der Waals surface area contributed by atoms with Crippen LogP contribution in [0.4, 0.5) is 0 Å². The molecule has 0 bridgehead atoms. The first kappa shape index (κ1) is 93.0. The number of carbonyl (C=O) groups is 1. The number of aliphatic hydroxyl groups is 8. The summed E-state index contributed by atoms with van der Waals surface area (Å²) in [6, 6.07) is -0.946. The molecule has 2 rings (SSSR count). The number of unbranched alkanes of at least 4 members (excludes halogenated alkanes) is 31. The highest BCUT2D eigenvalue weighted by Gasteiger charge is 2.51. The molecule has 14 heteroatoms. The minimum Gasteiger partial charge on any atom is -0.394 e. The van der Waals surface area contributed by atoms with E-state index >= 15 is 0 Å². The molecule has 9 N–H and O–H groups in total. The molecule has 578 valence electrons. The maximum absolute atomic E-state index is 13.4. The van der Waals surface area contributed by atoms with Crippen LogP contribution in [0.5, 0.6) is 0 Å². The fourth-order valence-electron chi connectivity index (χ4n) is 12.4. The second-order valence-electron chi connectivity index (χ2n) is 27.8. The van der Waals surface area contributed by atoms with Crippen molar-refractivity contribution >= 4 is 5.91 Å². The second-order valence-corrected chi connectivity index (χ2v) is 27.8. The van der Waals surface area contributed by atoms with Crippen molar-refractivity contribution in [1.29, 1.82) is 0 Å². The Morgan fingerprint density at radius 2 is 0.683 bits per heavy atom. The molecule has 12 atom stereocenters. The number of hydrogen-bond donors (Lipinski definition) is 9. The summed E-state index contributed by atoms with van der Waals surface area (Å²) in [6.45, 7) is 2.69. The van der Waals surface area contributed by atoms with Gasteiger partial charge in [0.25, 0.3) is 0 Å². The summed E-state index contributed by atoms with van der Waals surface area (Å²) in [5.41, 5.74) is 0. The molecule has 2 heterocycles. The highest BCUT2D eigenvalue weighted by molar-refractivity contribution is 5.76. The van der Waals surface area contributed by atoms with E-state index in [2.05, 4.69) is 153 Å². The van der Waals surface area contributed by atoms with Gasteiger partial charge in [0, 0.05) is 6.42 Å². The van der Waals surface area contributed by atoms with Crippen LogP contribution in [-0.4, -0.2) is 140 Å². The zero-order chi connectivity index (χ0) is 73.0. The average molecular weight is 1420 g/mol. The number of hydrogen-bond acceptors (Lipinski definition) is 13. The molecule has 0 radical (unpaired) electrons. The number of nitrogens with one attached hydrogen (secondary N) is 1. The Balaban J connectivity index is 1.66. The van der Waals surface area contributed by atoms with Gasteiger partial charge in [-0.1, -0.05) is 339 Å². The number of ether oxygens (including phenoxy) is 4. The van der Waals surface area contributed by atoms with E-state index in [4.69, 9.17) is 18.9 Å². The van der Waals surface area contributed by atoms with E-state index in [9.17, 15) is 45.6 Å². The van der Waals surface area contributed by atoms with Crippen LogP contribution in [0.2, 0.25) is 0 Å². The predicted octanol–water partition coefficient (Wildman–Crippen LogP) is 18.7. The van der Waals surface area contributed by atoms with E-state index < -0.39 is 86.8 Å². The zero-order valence-corrected chi connectivity index (χ0v) is 63.3. The first-order valence-corrected chi connectivity index (χ1v) is 40.6. The maximum atomic E-state index is 13.4. The summed E-state index contributed by atoms with van der Waals surface area (Å²) in [7, 11) is 0. The van der Waals surface area contributed by atoms with E-state index in [1.54, 1.807) is 6.08 Å². The van der Waals surface area contributed by atoms with Crippen LogP contribution in [0, 0.1) is 0 Å². The first-order chi connectivity index (χ1) is 49.6. The average Bonchev–Trinajstić information content (AvgIpc) is 0.792. The number of aliphatic hydroxyl groups excluding tert-OH is 8. The van der Waals surface area contributed by atoms with Gasteiger partial charge < -0.3 is 65.1 Å². The fraction of sp³-hybridized carbons (Fsp3) is 0.713. The van der Waals surface area contributed by atoms with Crippen molar-refractivity contribution in [2.75, 3.05) is 19.8 Å². The fourth-order valence-corrected chi connectivity index (χ4v) is 12.4. The standard InChI is InChI=1S/C87H147NO13/c1-3-5-7-9-11-13-15-17-19-21-23-25-27-29-31-33-35-36-37-38-39-40-41-43-45-47-49-51-53-55-57-59-61-63-65-67-69-71-79(92)88-75(74-98-86-84(97)82(95)85(78(73-90)100-86)101-87-83(96)81(94)80(93)77(72-89)99-87)76(91)70-68-66-64-62-60-58-56-54-52-50-48-46-44-42-34-32-30-28-26-24-22-20-18-16-14-12-10-8-6-4-2/h5,7,11,13,17,19,23,25,29,31,35-36,38-39,41,43,47,49,53,55,59,61,68,70,75-78,80-87,89-91,93-97H,3-4,6,8-10,12,14-16,18,20-22,24,26-28,30,32-34,37,40,42,44-46,48,50-52,54,56-58,60,62-67,69,71-74H2,1-2H3,(H,88,92)/b7-5-,13-11-,19-17-,25-23-,31-29-,36-35-,39-38-,43-41-,49-47-,55-53-,61-59-,70-68+. The first-order valence-electron chi connectivity index (χ1n) is 40.6. The second kappa shape index (κ2) is 68.9. The molecule has 14 nitrogen and oxygen atoms in total. The zero-order valence-electron chi connectivity index (χ0n) is 63.3. The van der Waals surface area contributed by atoms with Crippen molar-refractivity contribution in [3.8, 4) is 0 Å². The Labute approximate surface area is 614 Å². The third-order valence-corrected chi connectivity index (χ3v) is 18.8. The van der Waals surface area contributed by atoms with Crippen molar-refractivity contribution in [2.45, 2.75) is 376 Å². The molecule has 0 aromatic carbocycles. The van der Waals surface area contributed by atoms with Crippen LogP contribution in [0.3, 0.4) is 0 Å². The number of allylic oxidation sites excluding steroid dienone is 23. The van der Waals surface area contributed by atoms with Gasteiger partial charge in [0.2, 0.25) is 5.91 Å². The van der Waals surface area contributed by atoms with Gasteiger partial charge in [0.15, 0.2) is 12.6 Å². The lowest BCUT2D eigenvalue weighted by molar-refractivity contribution is -0.359. The van der Waals surface area contributed by atoms with Gasteiger partial charge in [0.05, 0.1) is 32.0 Å². The van der Waals surface area contributed by atoms with Crippen molar-refractivity contribution in [3.05, 3.63) is 146 Å². The van der Waals surface area contributed by atoms with Crippen molar-refractivity contribution in [2.24, 2.45) is 0 Å². The van der Waals surface area contributed by atoms with Gasteiger partial charge in [-0.3, -0.25) is 4.79 Å². The lowest BCUT2D eigenvalue weighted by atomic mass is 9.97. The van der Waals surface area contributed by atoms with E-state index in [1.807, 2.05) is 6.08 Å². The third kappa shape index (κ3) is 51.7. The monoisotopic (exact) mass is 1410 g/mol. The molecule has 2 fully saturated rings. The van der Waals surface area contributed by atoms with Crippen molar-refractivity contribution in [3.63, 3.8) is 0 Å². The van der Waals surface area contributed by atoms with Gasteiger partial charge in [-0.15, -0.1) is 0 Å². The molecule has 0 aliphatic carbocycles. The molecule has 101 heavy (non-hydrogen) atoms. The SMILES string of the molecule is CC/C=C\C/C=C\C/C=C\C/C=C\C/C=C\C/C=C\C/C=C\C/C=C\C/C=C\C/C=C\C/C=C\CCCCCC(=O)NC(COC1OC(CO)C(OC2OC(CO)C(O)C(O)C2O)C(O)C1O)C(O)/C=C/CCCCCCCCCCCCCCCCCCCCCCCCCCCCCC. The molecule has 0 saturated carbocycles. The summed E-state index contributed by atoms with van der Waals surface area (Å²) < 4.78 is 22.9. The highest BCUT2D eigenvalue weighted by atomic mass is 16.7. The Kier molecular flexibility index (Phi) is 63.5. The Bertz CT molecular complexity index is 2260. The van der Waals surface area contributed by atoms with E-state index in [1.165, 1.54) is 167 Å². The maximum Gasteiger partial charge on any atom is 0.220 e. The summed E-state index contributed by atoms with van der Waals surface area (Å²) in [5, 5.41) is 87.7. The van der Waals surface area contributed by atoms with Crippen molar-refractivity contribution < 1.29 is 64.6 Å². The molecule has 0 spiro atoms. The van der Waals surface area contributed by atoms with Crippen LogP contribution < -0.4 is 5.32 Å². The van der Waals surface area contributed by atoms with E-state index in [0.717, 1.165) is 109 Å². The normalized spacial score (nSPS) is 22.6. The Morgan fingerprint density at radius 1 is 0.366 bits per heavy atom. The summed E-state index contributed by atoms with van der Waals surface area (Å²) >= 11 is 0. The smallest absolute Gasteiger partial charge is 0.220 e. The van der Waals surface area contributed by atoms with Gasteiger partial charge >= 0.3 is 0 Å². The lowest BCUT2D eigenvalue weighted by Crippen LogP contribution is -2.65. The summed E-state index contributed by atoms with van der Waals surface area (Å²) in [5.74, 6) is -0.274. The number of rotatable bonds is 66. The topological polar surface area (TPSA) is 228 Å². The molecule has 2 saturated heterocycles. The summed E-state index contributed by atoms with van der Waals surface area (Å²) in [6.07, 6.45) is 87.8. The molecule has 0 aromatic rings. The quantitative estimate of drug-likeness (QED) is 0.0204. The van der Waals surface area contributed by atoms with Gasteiger partial charge in [-0.2, -0.15) is 0 Å². The molecule has 1 amide bonds.